The number of nitrogens with zero attached hydrogens (tertiary/aromatic N) is 3. The maximum Gasteiger partial charge on any atom is 0.416 e. The molecule has 0 unspecified atom stereocenters. The summed E-state index contributed by atoms with van der Waals surface area (Å²) >= 11 is 1.40. The second kappa shape index (κ2) is 10.6. The van der Waals surface area contributed by atoms with E-state index in [1.54, 1.807) is 4.90 Å². The molecule has 0 radical (unpaired) electrons. The molecule has 1 amide bonds. The molecule has 0 bridgehead atoms. The predicted molar refractivity (Wildman–Crippen MR) is 122 cm³/mol. The van der Waals surface area contributed by atoms with Gasteiger partial charge in [-0.05, 0) is 42.8 Å². The minimum absolute atomic E-state index is 0. The Hall–Kier alpha value is -2.20. The zero-order valence-corrected chi connectivity index (χ0v) is 18.8. The van der Waals surface area contributed by atoms with E-state index in [9.17, 15) is 18.0 Å². The quantitative estimate of drug-likeness (QED) is 0.487. The first-order valence-corrected chi connectivity index (χ1v) is 10.9. The molecule has 1 fully saturated rings. The number of rotatable bonds is 6. The Morgan fingerprint density at radius 1 is 1.09 bits per heavy atom. The van der Waals surface area contributed by atoms with Crippen LogP contribution in [0.4, 0.5) is 18.3 Å². The van der Waals surface area contributed by atoms with Crippen LogP contribution in [0.5, 0.6) is 0 Å². The Morgan fingerprint density at radius 2 is 1.78 bits per heavy atom. The van der Waals surface area contributed by atoms with Gasteiger partial charge in [0.05, 0.1) is 29.0 Å². The fourth-order valence-corrected chi connectivity index (χ4v) is 4.48. The number of hydrogen-bond donors (Lipinski definition) is 0. The minimum Gasteiger partial charge on any atom is -0.379 e. The van der Waals surface area contributed by atoms with Crippen molar-refractivity contribution >= 4 is 45.0 Å². The van der Waals surface area contributed by atoms with Gasteiger partial charge in [-0.2, -0.15) is 13.2 Å². The molecular formula is C22H23ClF3N3O2S. The average molecular weight is 486 g/mol. The fourth-order valence-electron chi connectivity index (χ4n) is 3.49. The van der Waals surface area contributed by atoms with Gasteiger partial charge in [-0.25, -0.2) is 4.98 Å². The van der Waals surface area contributed by atoms with E-state index in [0.29, 0.717) is 24.9 Å². The third kappa shape index (κ3) is 5.78. The fraction of sp³-hybridized carbons (Fsp3) is 0.364. The molecule has 2 aromatic carbocycles. The number of ether oxygens (including phenoxy) is 1. The van der Waals surface area contributed by atoms with E-state index in [0.717, 1.165) is 48.4 Å². The number of fused-ring (bicyclic) bond motifs is 1. The van der Waals surface area contributed by atoms with E-state index in [1.807, 2.05) is 24.3 Å². The summed E-state index contributed by atoms with van der Waals surface area (Å²) in [7, 11) is 0. The Labute approximate surface area is 194 Å². The summed E-state index contributed by atoms with van der Waals surface area (Å²) in [5.74, 6) is -0.352. The van der Waals surface area contributed by atoms with E-state index in [1.165, 1.54) is 23.5 Å². The molecule has 1 aromatic heterocycles. The van der Waals surface area contributed by atoms with Crippen LogP contribution in [0.25, 0.3) is 10.2 Å². The topological polar surface area (TPSA) is 45.7 Å². The van der Waals surface area contributed by atoms with Gasteiger partial charge in [0.15, 0.2) is 5.13 Å². The van der Waals surface area contributed by atoms with E-state index in [2.05, 4.69) is 9.88 Å². The molecule has 10 heteroatoms. The number of aromatic nitrogens is 1. The van der Waals surface area contributed by atoms with Crippen LogP contribution in [-0.2, 0) is 10.9 Å². The first-order chi connectivity index (χ1) is 14.9. The molecule has 0 atom stereocenters. The van der Waals surface area contributed by atoms with Crippen molar-refractivity contribution in [1.29, 1.82) is 0 Å². The highest BCUT2D eigenvalue weighted by Crippen LogP contribution is 2.31. The molecule has 2 heterocycles. The number of para-hydroxylation sites is 1. The maximum absolute atomic E-state index is 13.2. The third-order valence-corrected chi connectivity index (χ3v) is 6.24. The summed E-state index contributed by atoms with van der Waals surface area (Å²) in [6.45, 7) is 4.35. The molecule has 1 aliphatic heterocycles. The second-order valence-electron chi connectivity index (χ2n) is 7.30. The van der Waals surface area contributed by atoms with E-state index >= 15 is 0 Å². The number of carbonyl (C=O) groups is 1. The molecular weight excluding hydrogens is 463 g/mol. The number of benzene rings is 2. The first kappa shape index (κ1) is 24.4. The van der Waals surface area contributed by atoms with Crippen molar-refractivity contribution in [2.75, 3.05) is 44.3 Å². The van der Waals surface area contributed by atoms with Gasteiger partial charge < -0.3 is 4.74 Å². The molecule has 32 heavy (non-hydrogen) atoms. The average Bonchev–Trinajstić information content (AvgIpc) is 3.20. The zero-order valence-electron chi connectivity index (χ0n) is 17.2. The van der Waals surface area contributed by atoms with Crippen LogP contribution in [0.1, 0.15) is 22.3 Å². The smallest absolute Gasteiger partial charge is 0.379 e. The van der Waals surface area contributed by atoms with Crippen molar-refractivity contribution in [1.82, 2.24) is 9.88 Å². The van der Waals surface area contributed by atoms with Gasteiger partial charge in [-0.3, -0.25) is 14.6 Å². The van der Waals surface area contributed by atoms with Crippen molar-refractivity contribution in [2.24, 2.45) is 0 Å². The molecule has 0 saturated carbocycles. The highest BCUT2D eigenvalue weighted by molar-refractivity contribution is 7.22. The number of halogens is 4. The monoisotopic (exact) mass is 485 g/mol. The Kier molecular flexibility index (Phi) is 8.10. The largest absolute Gasteiger partial charge is 0.416 e. The summed E-state index contributed by atoms with van der Waals surface area (Å²) in [6, 6.07) is 11.9. The third-order valence-electron chi connectivity index (χ3n) is 5.18. The van der Waals surface area contributed by atoms with Crippen LogP contribution < -0.4 is 4.90 Å². The zero-order chi connectivity index (χ0) is 21.8. The van der Waals surface area contributed by atoms with Crippen LogP contribution >= 0.6 is 23.7 Å². The summed E-state index contributed by atoms with van der Waals surface area (Å²) < 4.78 is 45.0. The molecule has 172 valence electrons. The normalized spacial score (nSPS) is 14.8. The lowest BCUT2D eigenvalue weighted by Crippen LogP contribution is -2.39. The molecule has 4 rings (SSSR count). The first-order valence-electron chi connectivity index (χ1n) is 10.1. The summed E-state index contributed by atoms with van der Waals surface area (Å²) in [6.07, 6.45) is -3.71. The molecule has 1 aliphatic rings. The molecule has 1 saturated heterocycles. The van der Waals surface area contributed by atoms with Crippen LogP contribution in [-0.4, -0.2) is 55.2 Å². The SMILES string of the molecule is Cl.O=C(c1ccc(C(F)(F)F)cc1)N(CCCN1CCOCC1)c1nc2ccccc2s1. The van der Waals surface area contributed by atoms with Crippen LogP contribution in [0.15, 0.2) is 48.5 Å². The number of hydrogen-bond acceptors (Lipinski definition) is 5. The Bertz CT molecular complexity index is 1000. The van der Waals surface area contributed by atoms with Gasteiger partial charge in [0.1, 0.15) is 0 Å². The Morgan fingerprint density at radius 3 is 2.44 bits per heavy atom. The van der Waals surface area contributed by atoms with Crippen LogP contribution in [0.2, 0.25) is 0 Å². The number of amides is 1. The second-order valence-corrected chi connectivity index (χ2v) is 8.31. The van der Waals surface area contributed by atoms with E-state index in [-0.39, 0.29) is 23.9 Å². The highest BCUT2D eigenvalue weighted by Gasteiger charge is 2.30. The molecule has 0 aliphatic carbocycles. The number of morpholine rings is 1. The summed E-state index contributed by atoms with van der Waals surface area (Å²) in [5.41, 5.74) is 0.224. The Balaban J connectivity index is 0.00000289. The highest BCUT2D eigenvalue weighted by atomic mass is 35.5. The van der Waals surface area contributed by atoms with Crippen molar-refractivity contribution in [3.05, 3.63) is 59.7 Å². The van der Waals surface area contributed by atoms with Crippen molar-refractivity contribution in [2.45, 2.75) is 12.6 Å². The summed E-state index contributed by atoms with van der Waals surface area (Å²) in [5, 5.41) is 0.549. The van der Waals surface area contributed by atoms with Crippen LogP contribution in [0, 0.1) is 0 Å². The van der Waals surface area contributed by atoms with E-state index in [4.69, 9.17) is 4.74 Å². The lowest BCUT2D eigenvalue weighted by Gasteiger charge is -2.27. The van der Waals surface area contributed by atoms with Gasteiger partial charge in [0.25, 0.3) is 5.91 Å². The standard InChI is InChI=1S/C22H22F3N3O2S.ClH/c23-22(24,25)17-8-6-16(7-9-17)20(29)28(11-3-10-27-12-14-30-15-13-27)21-26-18-4-1-2-5-19(18)31-21;/h1-2,4-9H,3,10-15H2;1H. The van der Waals surface area contributed by atoms with Gasteiger partial charge in [-0.15, -0.1) is 12.4 Å². The molecule has 0 spiro atoms. The number of alkyl halides is 3. The maximum atomic E-state index is 13.2. The minimum atomic E-state index is -4.44. The van der Waals surface area contributed by atoms with E-state index < -0.39 is 11.7 Å². The van der Waals surface area contributed by atoms with Gasteiger partial charge in [0, 0.05) is 31.7 Å². The van der Waals surface area contributed by atoms with Gasteiger partial charge in [0.2, 0.25) is 0 Å². The van der Waals surface area contributed by atoms with Gasteiger partial charge >= 0.3 is 6.18 Å². The number of anilines is 1. The predicted octanol–water partition coefficient (Wildman–Crippen LogP) is 5.11. The molecule has 0 N–H and O–H groups in total. The van der Waals surface area contributed by atoms with Crippen molar-refractivity contribution in [3.63, 3.8) is 0 Å². The molecule has 3 aromatic rings. The summed E-state index contributed by atoms with van der Waals surface area (Å²) in [4.78, 5) is 21.7. The number of carbonyl (C=O) groups excluding carboxylic acids is 1. The number of thiazole rings is 1. The lowest BCUT2D eigenvalue weighted by molar-refractivity contribution is -0.137. The molecule has 5 nitrogen and oxygen atoms in total. The van der Waals surface area contributed by atoms with Gasteiger partial charge in [-0.1, -0.05) is 23.5 Å². The lowest BCUT2D eigenvalue weighted by atomic mass is 10.1. The van der Waals surface area contributed by atoms with Crippen LogP contribution in [0.3, 0.4) is 0 Å². The van der Waals surface area contributed by atoms with Crippen molar-refractivity contribution in [3.8, 4) is 0 Å². The van der Waals surface area contributed by atoms with Crippen molar-refractivity contribution < 1.29 is 22.7 Å².